The van der Waals surface area contributed by atoms with Gasteiger partial charge in [0.25, 0.3) is 0 Å². The number of nitrogens with one attached hydrogen (secondary N) is 1. The van der Waals surface area contributed by atoms with Crippen LogP contribution in [0, 0.1) is 0 Å². The molecule has 0 saturated heterocycles. The van der Waals surface area contributed by atoms with Crippen molar-refractivity contribution in [1.29, 1.82) is 0 Å². The van der Waals surface area contributed by atoms with Gasteiger partial charge in [-0.1, -0.05) is 43.0 Å². The van der Waals surface area contributed by atoms with Crippen LogP contribution >= 0.6 is 22.9 Å². The van der Waals surface area contributed by atoms with Crippen LogP contribution in [0.25, 0.3) is 5.00 Å². The summed E-state index contributed by atoms with van der Waals surface area (Å²) in [5.74, 6) is 0. The summed E-state index contributed by atoms with van der Waals surface area (Å²) in [4.78, 5) is 19.8. The van der Waals surface area contributed by atoms with Crippen molar-refractivity contribution in [3.05, 3.63) is 74.9 Å². The summed E-state index contributed by atoms with van der Waals surface area (Å²) in [6.07, 6.45) is 9.02. The first-order valence-electron chi connectivity index (χ1n) is 12.4. The Kier molecular flexibility index (Phi) is 5.92. The summed E-state index contributed by atoms with van der Waals surface area (Å²) in [5.41, 5.74) is 4.99. The molecular formula is C27H31ClN4OS. The Balaban J connectivity index is 1.46. The Labute approximate surface area is 210 Å². The number of aromatic nitrogens is 1. The fourth-order valence-electron chi connectivity index (χ4n) is 5.85. The smallest absolute Gasteiger partial charge is 0.318 e. The number of nitrogens with zero attached hydrogens (tertiary/aromatic N) is 3. The molecule has 1 fully saturated rings. The summed E-state index contributed by atoms with van der Waals surface area (Å²) in [7, 11) is 2.19. The van der Waals surface area contributed by atoms with E-state index in [1.807, 2.05) is 23.5 Å². The minimum atomic E-state index is -0.169. The Morgan fingerprint density at radius 3 is 2.65 bits per heavy atom. The standard InChI is InChI=1S/C27H31ClN4OS/c1-30-15-13-21-22-16-32(27(33)29-20-6-3-2-4-7-20)25(18-9-11-19(28)12-10-18)23-8-5-14-31(23)26(22)34-24(21)17-30/h5,8-12,14,20,25H,2-4,6-7,13,15-17H2,1H3,(H,29,33)/t25-/m0/s1. The molecule has 3 aromatic rings. The minimum Gasteiger partial charge on any atom is -0.335 e. The van der Waals surface area contributed by atoms with Gasteiger partial charge in [0.1, 0.15) is 5.00 Å². The maximum absolute atomic E-state index is 13.9. The zero-order chi connectivity index (χ0) is 23.2. The van der Waals surface area contributed by atoms with Gasteiger partial charge in [-0.2, -0.15) is 0 Å². The SMILES string of the molecule is CN1CCc2c(sc3c2CN(C(=O)NC2CCCCC2)[C@@H](c2ccc(Cl)cc2)c2cccn2-3)C1. The molecule has 0 spiro atoms. The van der Waals surface area contributed by atoms with Crippen molar-refractivity contribution < 1.29 is 4.79 Å². The number of hydrogen-bond donors (Lipinski definition) is 1. The van der Waals surface area contributed by atoms with Crippen molar-refractivity contribution in [1.82, 2.24) is 19.7 Å². The molecule has 2 amide bonds. The quantitative estimate of drug-likeness (QED) is 0.465. The Hall–Kier alpha value is -2.28. The number of carbonyl (C=O) groups is 1. The zero-order valence-corrected chi connectivity index (χ0v) is 21.2. The second kappa shape index (κ2) is 9.06. The topological polar surface area (TPSA) is 40.5 Å². The van der Waals surface area contributed by atoms with Crippen LogP contribution in [0.1, 0.15) is 65.4 Å². The van der Waals surface area contributed by atoms with E-state index in [2.05, 4.69) is 57.2 Å². The van der Waals surface area contributed by atoms with Crippen LogP contribution in [0.4, 0.5) is 4.79 Å². The number of benzene rings is 1. The van der Waals surface area contributed by atoms with Gasteiger partial charge in [0.05, 0.1) is 18.3 Å². The van der Waals surface area contributed by atoms with Crippen LogP contribution in [0.5, 0.6) is 0 Å². The lowest BCUT2D eigenvalue weighted by Gasteiger charge is -2.34. The lowest BCUT2D eigenvalue weighted by atomic mass is 9.95. The first-order chi connectivity index (χ1) is 16.6. The van der Waals surface area contributed by atoms with E-state index in [9.17, 15) is 4.79 Å². The number of carbonyl (C=O) groups excluding carboxylic acids is 1. The van der Waals surface area contributed by atoms with Crippen molar-refractivity contribution in [2.45, 2.75) is 63.7 Å². The second-order valence-corrected chi connectivity index (χ2v) is 11.5. The van der Waals surface area contributed by atoms with E-state index in [-0.39, 0.29) is 18.1 Å². The molecule has 0 unspecified atom stereocenters. The summed E-state index contributed by atoms with van der Waals surface area (Å²) in [5, 5.41) is 5.39. The van der Waals surface area contributed by atoms with Crippen LogP contribution in [-0.4, -0.2) is 40.0 Å². The molecule has 5 nitrogen and oxygen atoms in total. The zero-order valence-electron chi connectivity index (χ0n) is 19.6. The van der Waals surface area contributed by atoms with Crippen molar-refractivity contribution in [2.75, 3.05) is 13.6 Å². The van der Waals surface area contributed by atoms with Crippen LogP contribution < -0.4 is 5.32 Å². The van der Waals surface area contributed by atoms with Gasteiger partial charge in [-0.15, -0.1) is 11.3 Å². The van der Waals surface area contributed by atoms with Gasteiger partial charge in [-0.3, -0.25) is 0 Å². The molecule has 2 aliphatic heterocycles. The van der Waals surface area contributed by atoms with E-state index in [4.69, 9.17) is 11.6 Å². The summed E-state index contributed by atoms with van der Waals surface area (Å²) in [6, 6.07) is 12.4. The third-order valence-corrected chi connectivity index (χ3v) is 9.15. The van der Waals surface area contributed by atoms with Gasteiger partial charge in [-0.05, 0) is 61.7 Å². The molecule has 1 atom stereocenters. The van der Waals surface area contributed by atoms with Crippen molar-refractivity contribution in [2.24, 2.45) is 0 Å². The van der Waals surface area contributed by atoms with E-state index < -0.39 is 0 Å². The first-order valence-corrected chi connectivity index (χ1v) is 13.6. The highest BCUT2D eigenvalue weighted by atomic mass is 35.5. The van der Waals surface area contributed by atoms with E-state index in [0.29, 0.717) is 11.6 Å². The highest BCUT2D eigenvalue weighted by Crippen LogP contribution is 2.43. The molecule has 0 bridgehead atoms. The molecular weight excluding hydrogens is 464 g/mol. The summed E-state index contributed by atoms with van der Waals surface area (Å²) in [6.45, 7) is 2.67. The van der Waals surface area contributed by atoms with Crippen molar-refractivity contribution in [3.63, 3.8) is 0 Å². The summed E-state index contributed by atoms with van der Waals surface area (Å²) >= 11 is 8.13. The monoisotopic (exact) mass is 494 g/mol. The van der Waals surface area contributed by atoms with Gasteiger partial charge in [0.2, 0.25) is 0 Å². The predicted molar refractivity (Wildman–Crippen MR) is 138 cm³/mol. The third-order valence-electron chi connectivity index (χ3n) is 7.63. The number of likely N-dealkylation sites (N-methyl/N-ethyl adjacent to an activating group) is 1. The van der Waals surface area contributed by atoms with Gasteiger partial charge < -0.3 is 19.7 Å². The molecule has 4 heterocycles. The molecule has 1 aliphatic carbocycles. The lowest BCUT2D eigenvalue weighted by molar-refractivity contribution is 0.173. The molecule has 178 valence electrons. The number of rotatable bonds is 2. The van der Waals surface area contributed by atoms with E-state index in [1.54, 1.807) is 0 Å². The minimum absolute atomic E-state index is 0.0420. The first kappa shape index (κ1) is 22.2. The highest BCUT2D eigenvalue weighted by Gasteiger charge is 2.37. The number of amides is 2. The van der Waals surface area contributed by atoms with Crippen LogP contribution in [0.3, 0.4) is 0 Å². The number of thiophene rings is 1. The lowest BCUT2D eigenvalue weighted by Crippen LogP contribution is -2.46. The number of hydrogen-bond acceptors (Lipinski definition) is 3. The van der Waals surface area contributed by atoms with Crippen LogP contribution in [0.2, 0.25) is 5.02 Å². The second-order valence-electron chi connectivity index (χ2n) is 9.94. The van der Waals surface area contributed by atoms with Crippen molar-refractivity contribution in [3.8, 4) is 5.00 Å². The van der Waals surface area contributed by atoms with Gasteiger partial charge in [-0.25, -0.2) is 4.79 Å². The molecule has 7 heteroatoms. The average molecular weight is 495 g/mol. The Morgan fingerprint density at radius 2 is 1.85 bits per heavy atom. The van der Waals surface area contributed by atoms with E-state index in [1.165, 1.54) is 40.3 Å². The van der Waals surface area contributed by atoms with E-state index >= 15 is 0 Å². The number of fused-ring (bicyclic) bond motifs is 5. The van der Waals surface area contributed by atoms with Crippen LogP contribution in [0.15, 0.2) is 42.6 Å². The molecule has 34 heavy (non-hydrogen) atoms. The Bertz CT molecular complexity index is 1190. The van der Waals surface area contributed by atoms with Gasteiger partial charge in [0.15, 0.2) is 0 Å². The average Bonchev–Trinajstić information content (AvgIpc) is 3.42. The molecule has 0 radical (unpaired) electrons. The van der Waals surface area contributed by atoms with Crippen LogP contribution in [-0.2, 0) is 19.5 Å². The van der Waals surface area contributed by atoms with E-state index in [0.717, 1.165) is 43.6 Å². The molecule has 1 N–H and O–H groups in total. The molecule has 6 rings (SSSR count). The van der Waals surface area contributed by atoms with Crippen molar-refractivity contribution >= 4 is 29.0 Å². The van der Waals surface area contributed by atoms with Gasteiger partial charge in [0, 0.05) is 40.8 Å². The largest absolute Gasteiger partial charge is 0.335 e. The maximum Gasteiger partial charge on any atom is 0.318 e. The fraction of sp³-hybridized carbons (Fsp3) is 0.444. The molecule has 1 saturated carbocycles. The molecule has 3 aliphatic rings. The normalized spacial score (nSPS) is 20.9. The van der Waals surface area contributed by atoms with Gasteiger partial charge >= 0.3 is 6.03 Å². The highest BCUT2D eigenvalue weighted by molar-refractivity contribution is 7.15. The predicted octanol–water partition coefficient (Wildman–Crippen LogP) is 6.13. The maximum atomic E-state index is 13.9. The number of urea groups is 1. The molecule has 1 aromatic carbocycles. The fourth-order valence-corrected chi connectivity index (χ4v) is 7.42. The number of halogens is 1. The summed E-state index contributed by atoms with van der Waals surface area (Å²) < 4.78 is 2.32. The molecule has 2 aromatic heterocycles. The third kappa shape index (κ3) is 3.96. The Morgan fingerprint density at radius 1 is 1.06 bits per heavy atom.